The van der Waals surface area contributed by atoms with E-state index < -0.39 is 8.32 Å². The standard InChI is InChI=1S/C22H36O5Si/c1-14(2)28(15(3)4,16(5)6)27-22(18-12-21(23)26-13-18)17-9-10-19(24-7)20(11-17)25-8/h9-11,14-16,18,22H,12-13H2,1-8H3/t18-,22-/m0/s1. The van der Waals surface area contributed by atoms with Crippen molar-refractivity contribution in [3.63, 3.8) is 0 Å². The Kier molecular flexibility index (Phi) is 7.57. The van der Waals surface area contributed by atoms with Crippen LogP contribution in [0.15, 0.2) is 18.2 Å². The highest BCUT2D eigenvalue weighted by Gasteiger charge is 2.48. The van der Waals surface area contributed by atoms with Crippen molar-refractivity contribution in [2.45, 2.75) is 70.7 Å². The smallest absolute Gasteiger partial charge is 0.306 e. The summed E-state index contributed by atoms with van der Waals surface area (Å²) in [7, 11) is 1.11. The van der Waals surface area contributed by atoms with Gasteiger partial charge in [0, 0.05) is 5.92 Å². The molecule has 0 aliphatic carbocycles. The Morgan fingerprint density at radius 1 is 0.964 bits per heavy atom. The summed E-state index contributed by atoms with van der Waals surface area (Å²) in [5, 5.41) is 0. The fourth-order valence-corrected chi connectivity index (χ4v) is 10.4. The molecule has 158 valence electrons. The molecule has 1 aliphatic rings. The van der Waals surface area contributed by atoms with E-state index in [1.807, 2.05) is 18.2 Å². The zero-order chi connectivity index (χ0) is 21.1. The topological polar surface area (TPSA) is 54.0 Å². The minimum atomic E-state index is -2.15. The van der Waals surface area contributed by atoms with Crippen molar-refractivity contribution >= 4 is 14.3 Å². The van der Waals surface area contributed by atoms with Crippen molar-refractivity contribution in [3.05, 3.63) is 23.8 Å². The number of esters is 1. The number of hydrogen-bond acceptors (Lipinski definition) is 5. The Hall–Kier alpha value is -1.53. The van der Waals surface area contributed by atoms with Crippen molar-refractivity contribution in [2.24, 2.45) is 5.92 Å². The van der Waals surface area contributed by atoms with E-state index in [9.17, 15) is 4.79 Å². The lowest BCUT2D eigenvalue weighted by molar-refractivity contribution is -0.137. The number of hydrogen-bond donors (Lipinski definition) is 0. The zero-order valence-electron chi connectivity index (χ0n) is 18.6. The van der Waals surface area contributed by atoms with Gasteiger partial charge in [0.2, 0.25) is 8.32 Å². The van der Waals surface area contributed by atoms with Gasteiger partial charge in [0.05, 0.1) is 33.4 Å². The monoisotopic (exact) mass is 408 g/mol. The van der Waals surface area contributed by atoms with Crippen LogP contribution in [0, 0.1) is 5.92 Å². The van der Waals surface area contributed by atoms with E-state index in [2.05, 4.69) is 41.5 Å². The van der Waals surface area contributed by atoms with E-state index >= 15 is 0 Å². The van der Waals surface area contributed by atoms with Crippen LogP contribution in [-0.2, 0) is 14.0 Å². The SMILES string of the molecule is COc1ccc([C@H](O[Si](C(C)C)(C(C)C)C(C)C)[C@@H]2COC(=O)C2)cc1OC. The first kappa shape index (κ1) is 22.8. The van der Waals surface area contributed by atoms with Crippen molar-refractivity contribution < 1.29 is 23.4 Å². The Balaban J connectivity index is 2.52. The Morgan fingerprint density at radius 3 is 1.96 bits per heavy atom. The van der Waals surface area contributed by atoms with Crippen LogP contribution in [0.25, 0.3) is 0 Å². The lowest BCUT2D eigenvalue weighted by Gasteiger charge is -2.45. The number of methoxy groups -OCH3 is 2. The molecule has 1 saturated heterocycles. The van der Waals surface area contributed by atoms with Crippen molar-refractivity contribution in [2.75, 3.05) is 20.8 Å². The molecule has 1 aromatic rings. The number of benzene rings is 1. The van der Waals surface area contributed by atoms with Crippen LogP contribution in [0.2, 0.25) is 16.6 Å². The molecule has 1 aromatic carbocycles. The zero-order valence-corrected chi connectivity index (χ0v) is 19.6. The van der Waals surface area contributed by atoms with Crippen molar-refractivity contribution in [1.82, 2.24) is 0 Å². The molecule has 28 heavy (non-hydrogen) atoms. The van der Waals surface area contributed by atoms with Gasteiger partial charge in [-0.25, -0.2) is 0 Å². The fourth-order valence-electron chi connectivity index (χ4n) is 4.82. The average Bonchev–Trinajstić information content (AvgIpc) is 3.07. The predicted octanol–water partition coefficient (Wildman–Crippen LogP) is 5.50. The van der Waals surface area contributed by atoms with Crippen LogP contribution in [-0.4, -0.2) is 35.1 Å². The number of rotatable bonds is 9. The molecule has 0 aromatic heterocycles. The van der Waals surface area contributed by atoms with Gasteiger partial charge in [0.15, 0.2) is 11.5 Å². The van der Waals surface area contributed by atoms with Crippen LogP contribution >= 0.6 is 0 Å². The molecular weight excluding hydrogens is 372 g/mol. The van der Waals surface area contributed by atoms with Gasteiger partial charge < -0.3 is 18.6 Å². The van der Waals surface area contributed by atoms with E-state index in [1.54, 1.807) is 14.2 Å². The molecule has 0 unspecified atom stereocenters. The highest BCUT2D eigenvalue weighted by Crippen LogP contribution is 2.48. The Bertz CT molecular complexity index is 649. The molecule has 2 atom stereocenters. The third-order valence-electron chi connectivity index (χ3n) is 6.09. The molecule has 2 rings (SSSR count). The van der Waals surface area contributed by atoms with Gasteiger partial charge in [-0.1, -0.05) is 47.6 Å². The number of carbonyl (C=O) groups excluding carboxylic acids is 1. The number of ether oxygens (including phenoxy) is 3. The molecule has 0 saturated carbocycles. The second kappa shape index (κ2) is 9.31. The highest BCUT2D eigenvalue weighted by atomic mass is 28.4. The quantitative estimate of drug-likeness (QED) is 0.399. The summed E-state index contributed by atoms with van der Waals surface area (Å²) in [6.07, 6.45) is 0.183. The van der Waals surface area contributed by atoms with Crippen LogP contribution in [0.5, 0.6) is 11.5 Å². The van der Waals surface area contributed by atoms with E-state index in [1.165, 1.54) is 0 Å². The Labute approximate surface area is 170 Å². The van der Waals surface area contributed by atoms with E-state index in [-0.39, 0.29) is 18.0 Å². The van der Waals surface area contributed by atoms with Crippen LogP contribution in [0.4, 0.5) is 0 Å². The van der Waals surface area contributed by atoms with Gasteiger partial charge in [-0.2, -0.15) is 0 Å². The van der Waals surface area contributed by atoms with Crippen LogP contribution < -0.4 is 9.47 Å². The maximum absolute atomic E-state index is 11.9. The predicted molar refractivity (Wildman–Crippen MR) is 113 cm³/mol. The molecule has 0 spiro atoms. The largest absolute Gasteiger partial charge is 0.493 e. The maximum atomic E-state index is 11.9. The molecule has 0 N–H and O–H groups in total. The molecular formula is C22H36O5Si. The van der Waals surface area contributed by atoms with Gasteiger partial charge in [-0.15, -0.1) is 0 Å². The normalized spacial score (nSPS) is 18.7. The summed E-state index contributed by atoms with van der Waals surface area (Å²) in [6, 6.07) is 5.91. The first-order valence-electron chi connectivity index (χ1n) is 10.2. The molecule has 1 heterocycles. The van der Waals surface area contributed by atoms with Crippen molar-refractivity contribution in [1.29, 1.82) is 0 Å². The van der Waals surface area contributed by atoms with Gasteiger partial charge in [0.1, 0.15) is 0 Å². The van der Waals surface area contributed by atoms with Crippen LogP contribution in [0.3, 0.4) is 0 Å². The number of cyclic esters (lactones) is 1. The molecule has 5 nitrogen and oxygen atoms in total. The van der Waals surface area contributed by atoms with Gasteiger partial charge in [0.25, 0.3) is 0 Å². The fraction of sp³-hybridized carbons (Fsp3) is 0.682. The minimum absolute atomic E-state index is 0.00808. The summed E-state index contributed by atoms with van der Waals surface area (Å²) < 4.78 is 23.3. The first-order valence-corrected chi connectivity index (χ1v) is 12.4. The second-order valence-corrected chi connectivity index (χ2v) is 14.0. The Morgan fingerprint density at radius 2 is 1.54 bits per heavy atom. The summed E-state index contributed by atoms with van der Waals surface area (Å²) in [5.41, 5.74) is 2.37. The lowest BCUT2D eigenvalue weighted by atomic mass is 9.95. The highest BCUT2D eigenvalue weighted by molar-refractivity contribution is 6.77. The molecule has 0 amide bonds. The molecule has 0 radical (unpaired) electrons. The maximum Gasteiger partial charge on any atom is 0.306 e. The van der Waals surface area contributed by atoms with Crippen LogP contribution in [0.1, 0.15) is 59.6 Å². The lowest BCUT2D eigenvalue weighted by Crippen LogP contribution is -2.49. The summed E-state index contributed by atoms with van der Waals surface area (Å²) in [5.74, 6) is 1.22. The molecule has 0 bridgehead atoms. The second-order valence-electron chi connectivity index (χ2n) is 8.62. The summed E-state index contributed by atoms with van der Waals surface area (Å²) >= 11 is 0. The summed E-state index contributed by atoms with van der Waals surface area (Å²) in [4.78, 5) is 11.9. The minimum Gasteiger partial charge on any atom is -0.493 e. The third kappa shape index (κ3) is 4.38. The molecule has 1 fully saturated rings. The van der Waals surface area contributed by atoms with Gasteiger partial charge >= 0.3 is 5.97 Å². The van der Waals surface area contributed by atoms with Crippen molar-refractivity contribution in [3.8, 4) is 11.5 Å². The first-order chi connectivity index (χ1) is 13.2. The average molecular weight is 409 g/mol. The third-order valence-corrected chi connectivity index (χ3v) is 12.2. The van der Waals surface area contributed by atoms with E-state index in [4.69, 9.17) is 18.6 Å². The number of carbonyl (C=O) groups is 1. The van der Waals surface area contributed by atoms with Gasteiger partial charge in [-0.05, 0) is 34.3 Å². The summed E-state index contributed by atoms with van der Waals surface area (Å²) in [6.45, 7) is 14.0. The van der Waals surface area contributed by atoms with E-state index in [0.29, 0.717) is 41.2 Å². The van der Waals surface area contributed by atoms with Gasteiger partial charge in [-0.3, -0.25) is 4.79 Å². The molecule has 1 aliphatic heterocycles. The van der Waals surface area contributed by atoms with E-state index in [0.717, 1.165) is 5.56 Å². The molecule has 6 heteroatoms.